The average Bonchev–Trinajstić information content (AvgIpc) is 3.40. The molecule has 0 aliphatic carbocycles. The van der Waals surface area contributed by atoms with Gasteiger partial charge in [-0.2, -0.15) is 0 Å². The molecule has 1 N–H and O–H groups in total. The van der Waals surface area contributed by atoms with Crippen LogP contribution in [-0.2, 0) is 17.0 Å². The zero-order valence-electron chi connectivity index (χ0n) is 16.5. The molecule has 1 aromatic heterocycles. The molecular formula is C21H20N2O5S2. The highest BCUT2D eigenvalue weighted by atomic mass is 32.2. The first-order valence-corrected chi connectivity index (χ1v) is 11.0. The first-order chi connectivity index (χ1) is 14.6. The van der Waals surface area contributed by atoms with Crippen molar-refractivity contribution in [2.75, 3.05) is 26.3 Å². The number of aromatic nitrogens is 1. The lowest BCUT2D eigenvalue weighted by atomic mass is 10.2. The molecule has 0 fully saturated rings. The maximum absolute atomic E-state index is 12.4. The van der Waals surface area contributed by atoms with Crippen molar-refractivity contribution in [3.05, 3.63) is 53.0 Å². The van der Waals surface area contributed by atoms with E-state index in [9.17, 15) is 4.79 Å². The molecule has 4 rings (SSSR count). The Morgan fingerprint density at radius 3 is 2.67 bits per heavy atom. The summed E-state index contributed by atoms with van der Waals surface area (Å²) < 4.78 is 22.1. The van der Waals surface area contributed by atoms with Crippen LogP contribution in [0, 0.1) is 0 Å². The molecule has 0 radical (unpaired) electrons. The molecule has 7 nitrogen and oxygen atoms in total. The third kappa shape index (κ3) is 4.98. The Labute approximate surface area is 182 Å². The smallest absolute Gasteiger partial charge is 0.231 e. The van der Waals surface area contributed by atoms with E-state index in [1.54, 1.807) is 44.2 Å². The predicted octanol–water partition coefficient (Wildman–Crippen LogP) is 4.36. The molecule has 0 atom stereocenters. The van der Waals surface area contributed by atoms with Crippen LogP contribution in [0.5, 0.6) is 23.0 Å². The van der Waals surface area contributed by atoms with Gasteiger partial charge in [-0.05, 0) is 29.8 Å². The van der Waals surface area contributed by atoms with E-state index in [4.69, 9.17) is 18.9 Å². The third-order valence-electron chi connectivity index (χ3n) is 4.30. The number of carbonyl (C=O) groups is 1. The first-order valence-electron chi connectivity index (χ1n) is 9.11. The highest BCUT2D eigenvalue weighted by Crippen LogP contribution is 2.34. The molecule has 0 unspecified atom stereocenters. The average molecular weight is 445 g/mol. The summed E-state index contributed by atoms with van der Waals surface area (Å²) in [6.07, 6.45) is 0.207. The minimum Gasteiger partial charge on any atom is -0.497 e. The van der Waals surface area contributed by atoms with E-state index in [-0.39, 0.29) is 19.1 Å². The number of rotatable bonds is 8. The lowest BCUT2D eigenvalue weighted by Crippen LogP contribution is -2.14. The maximum Gasteiger partial charge on any atom is 0.231 e. The molecule has 2 heterocycles. The van der Waals surface area contributed by atoms with Crippen LogP contribution in [0.15, 0.2) is 46.1 Å². The van der Waals surface area contributed by atoms with E-state index in [1.165, 1.54) is 11.3 Å². The summed E-state index contributed by atoms with van der Waals surface area (Å²) in [5.74, 6) is 3.42. The number of thiazole rings is 1. The predicted molar refractivity (Wildman–Crippen MR) is 116 cm³/mol. The van der Waals surface area contributed by atoms with Crippen molar-refractivity contribution in [2.45, 2.75) is 16.5 Å². The van der Waals surface area contributed by atoms with Crippen molar-refractivity contribution in [1.82, 2.24) is 4.98 Å². The van der Waals surface area contributed by atoms with Gasteiger partial charge in [-0.15, -0.1) is 11.3 Å². The second-order valence-electron chi connectivity index (χ2n) is 6.41. The number of anilines is 1. The van der Waals surface area contributed by atoms with Crippen LogP contribution in [0.25, 0.3) is 0 Å². The van der Waals surface area contributed by atoms with Crippen molar-refractivity contribution in [3.63, 3.8) is 0 Å². The number of fused-ring (bicyclic) bond motifs is 1. The number of methoxy groups -OCH3 is 2. The number of benzene rings is 2. The summed E-state index contributed by atoms with van der Waals surface area (Å²) in [7, 11) is 3.26. The van der Waals surface area contributed by atoms with Gasteiger partial charge in [0.1, 0.15) is 15.8 Å². The molecule has 156 valence electrons. The fourth-order valence-corrected chi connectivity index (χ4v) is 4.65. The molecule has 3 aromatic rings. The van der Waals surface area contributed by atoms with Gasteiger partial charge in [-0.1, -0.05) is 11.8 Å². The molecule has 1 aliphatic heterocycles. The summed E-state index contributed by atoms with van der Waals surface area (Å²) in [6, 6.07) is 11.1. The molecule has 1 aliphatic rings. The number of hydrogen-bond donors (Lipinski definition) is 1. The topological polar surface area (TPSA) is 78.9 Å². The van der Waals surface area contributed by atoms with Gasteiger partial charge < -0.3 is 24.3 Å². The van der Waals surface area contributed by atoms with Crippen LogP contribution in [0.4, 0.5) is 5.69 Å². The Hall–Kier alpha value is -2.91. The Morgan fingerprint density at radius 2 is 1.90 bits per heavy atom. The number of nitrogens with one attached hydrogen (secondary N) is 1. The molecule has 1 amide bonds. The summed E-state index contributed by atoms with van der Waals surface area (Å²) in [6.45, 7) is 0.203. The van der Waals surface area contributed by atoms with Crippen LogP contribution < -0.4 is 24.3 Å². The first kappa shape index (κ1) is 20.4. The van der Waals surface area contributed by atoms with Gasteiger partial charge in [0.15, 0.2) is 11.5 Å². The maximum atomic E-state index is 12.4. The Balaban J connectivity index is 1.32. The largest absolute Gasteiger partial charge is 0.497 e. The molecule has 0 saturated heterocycles. The summed E-state index contributed by atoms with van der Waals surface area (Å²) in [5.41, 5.74) is 2.48. The van der Waals surface area contributed by atoms with E-state index in [0.717, 1.165) is 32.8 Å². The van der Waals surface area contributed by atoms with Gasteiger partial charge in [0, 0.05) is 29.0 Å². The number of thioether (sulfide) groups is 1. The van der Waals surface area contributed by atoms with Crippen LogP contribution in [-0.4, -0.2) is 31.9 Å². The highest BCUT2D eigenvalue weighted by molar-refractivity contribution is 8.00. The third-order valence-corrected chi connectivity index (χ3v) is 6.44. The molecule has 9 heteroatoms. The number of ether oxygens (including phenoxy) is 4. The zero-order valence-corrected chi connectivity index (χ0v) is 18.1. The van der Waals surface area contributed by atoms with Crippen LogP contribution in [0.2, 0.25) is 0 Å². The molecule has 30 heavy (non-hydrogen) atoms. The summed E-state index contributed by atoms with van der Waals surface area (Å²) in [5, 5.41) is 4.78. The molecule has 0 spiro atoms. The fraction of sp³-hybridized carbons (Fsp3) is 0.238. The Kier molecular flexibility index (Phi) is 6.29. The minimum atomic E-state index is -0.131. The monoisotopic (exact) mass is 444 g/mol. The van der Waals surface area contributed by atoms with Crippen LogP contribution >= 0.6 is 23.1 Å². The molecule has 2 aromatic carbocycles. The van der Waals surface area contributed by atoms with Crippen molar-refractivity contribution in [3.8, 4) is 23.0 Å². The lowest BCUT2D eigenvalue weighted by Gasteiger charge is -2.07. The summed E-state index contributed by atoms with van der Waals surface area (Å²) in [4.78, 5) is 16.9. The van der Waals surface area contributed by atoms with Gasteiger partial charge in [0.2, 0.25) is 12.7 Å². The van der Waals surface area contributed by atoms with E-state index in [0.29, 0.717) is 17.2 Å². The number of carbonyl (C=O) groups excluding carboxylic acids is 1. The van der Waals surface area contributed by atoms with Crippen LogP contribution in [0.3, 0.4) is 0 Å². The number of nitrogens with zero attached hydrogens (tertiary/aromatic N) is 1. The van der Waals surface area contributed by atoms with Gasteiger partial charge in [0.25, 0.3) is 0 Å². The molecule has 0 bridgehead atoms. The SMILES string of the molecule is COc1cc(CSc2nc(CC(=O)Nc3ccc4c(c3)OCO4)cs2)cc(OC)c1. The van der Waals surface area contributed by atoms with Gasteiger partial charge >= 0.3 is 0 Å². The van der Waals surface area contributed by atoms with E-state index in [2.05, 4.69) is 10.3 Å². The van der Waals surface area contributed by atoms with E-state index in [1.807, 2.05) is 23.6 Å². The van der Waals surface area contributed by atoms with Crippen molar-refractivity contribution in [2.24, 2.45) is 0 Å². The molecular weight excluding hydrogens is 424 g/mol. The normalized spacial score (nSPS) is 11.9. The second kappa shape index (κ2) is 9.27. The number of hydrogen-bond acceptors (Lipinski definition) is 8. The van der Waals surface area contributed by atoms with Crippen molar-refractivity contribution in [1.29, 1.82) is 0 Å². The minimum absolute atomic E-state index is 0.131. The summed E-state index contributed by atoms with van der Waals surface area (Å²) >= 11 is 3.14. The number of amides is 1. The zero-order chi connectivity index (χ0) is 20.9. The fourth-order valence-electron chi connectivity index (χ4n) is 2.87. The van der Waals surface area contributed by atoms with E-state index < -0.39 is 0 Å². The quantitative estimate of drug-likeness (QED) is 0.517. The highest BCUT2D eigenvalue weighted by Gasteiger charge is 2.15. The Bertz CT molecular complexity index is 1030. The Morgan fingerprint density at radius 1 is 1.13 bits per heavy atom. The van der Waals surface area contributed by atoms with Crippen LogP contribution in [0.1, 0.15) is 11.3 Å². The van der Waals surface area contributed by atoms with Gasteiger partial charge in [-0.3, -0.25) is 4.79 Å². The van der Waals surface area contributed by atoms with Gasteiger partial charge in [0.05, 0.1) is 26.3 Å². The van der Waals surface area contributed by atoms with E-state index >= 15 is 0 Å². The second-order valence-corrected chi connectivity index (χ2v) is 8.49. The standard InChI is InChI=1S/C21H20N2O5S2/c1-25-16-5-13(6-17(9-16)26-2)10-29-21-23-15(11-30-21)8-20(24)22-14-3-4-18-19(7-14)28-12-27-18/h3-7,9,11H,8,10,12H2,1-2H3,(H,22,24). The lowest BCUT2D eigenvalue weighted by molar-refractivity contribution is -0.115. The molecule has 0 saturated carbocycles. The van der Waals surface area contributed by atoms with Gasteiger partial charge in [-0.25, -0.2) is 4.98 Å². The van der Waals surface area contributed by atoms with Crippen molar-refractivity contribution >= 4 is 34.7 Å². The van der Waals surface area contributed by atoms with Crippen molar-refractivity contribution < 1.29 is 23.7 Å².